The molecule has 0 aliphatic rings. The summed E-state index contributed by atoms with van der Waals surface area (Å²) in [7, 11) is 0. The lowest BCUT2D eigenvalue weighted by Gasteiger charge is -2.06. The van der Waals surface area contributed by atoms with Gasteiger partial charge in [0.2, 0.25) is 0 Å². The van der Waals surface area contributed by atoms with E-state index in [2.05, 4.69) is 20.9 Å². The van der Waals surface area contributed by atoms with Crippen molar-refractivity contribution in [2.24, 2.45) is 0 Å². The lowest BCUT2D eigenvalue weighted by molar-refractivity contribution is -0.146. The summed E-state index contributed by atoms with van der Waals surface area (Å²) in [5.41, 5.74) is 0.0727. The number of hydrogen-bond acceptors (Lipinski definition) is 3. The molecule has 1 aromatic heterocycles. The Labute approximate surface area is 87.3 Å². The number of hydrogen-bond donors (Lipinski definition) is 2. The summed E-state index contributed by atoms with van der Waals surface area (Å²) in [6.45, 7) is 0. The molecule has 0 spiro atoms. The number of pyridine rings is 1. The second kappa shape index (κ2) is 4.04. The molecule has 1 atom stereocenters. The molecule has 2 N–H and O–H groups in total. The molecule has 1 unspecified atom stereocenters. The van der Waals surface area contributed by atoms with Crippen molar-refractivity contribution >= 4 is 33.5 Å². The van der Waals surface area contributed by atoms with Crippen molar-refractivity contribution in [1.29, 1.82) is 0 Å². The van der Waals surface area contributed by atoms with Crippen LogP contribution in [-0.2, 0) is 4.79 Å². The Balaban J connectivity index is 3.12. The second-order valence-corrected chi connectivity index (χ2v) is 3.55. The van der Waals surface area contributed by atoms with Gasteiger partial charge >= 0.3 is 5.97 Å². The third-order valence-electron chi connectivity index (χ3n) is 1.36. The average molecular weight is 266 g/mol. The van der Waals surface area contributed by atoms with Gasteiger partial charge in [0.25, 0.3) is 0 Å². The van der Waals surface area contributed by atoms with Crippen LogP contribution in [0.2, 0.25) is 5.15 Å². The topological polar surface area (TPSA) is 70.4 Å². The quantitative estimate of drug-likeness (QED) is 0.798. The van der Waals surface area contributed by atoms with E-state index in [1.165, 1.54) is 12.3 Å². The van der Waals surface area contributed by atoms with Crippen molar-refractivity contribution < 1.29 is 15.0 Å². The van der Waals surface area contributed by atoms with E-state index in [4.69, 9.17) is 21.8 Å². The lowest BCUT2D eigenvalue weighted by atomic mass is 10.2. The average Bonchev–Trinajstić information content (AvgIpc) is 2.08. The first-order valence-corrected chi connectivity index (χ1v) is 4.41. The number of nitrogens with zero attached hydrogens (tertiary/aromatic N) is 1. The highest BCUT2D eigenvalue weighted by atomic mass is 79.9. The molecule has 1 aromatic rings. The monoisotopic (exact) mass is 265 g/mol. The van der Waals surface area contributed by atoms with Gasteiger partial charge in [-0.25, -0.2) is 9.78 Å². The van der Waals surface area contributed by atoms with Crippen LogP contribution in [0, 0.1) is 0 Å². The maximum Gasteiger partial charge on any atom is 0.337 e. The summed E-state index contributed by atoms with van der Waals surface area (Å²) < 4.78 is 0.562. The van der Waals surface area contributed by atoms with Gasteiger partial charge in [-0.2, -0.15) is 0 Å². The molecule has 0 saturated carbocycles. The van der Waals surface area contributed by atoms with Gasteiger partial charge in [-0.3, -0.25) is 0 Å². The van der Waals surface area contributed by atoms with Gasteiger partial charge in [0.1, 0.15) is 5.15 Å². The molecule has 0 aliphatic heterocycles. The van der Waals surface area contributed by atoms with Crippen LogP contribution in [0.1, 0.15) is 11.7 Å². The third-order valence-corrected chi connectivity index (χ3v) is 2.11. The number of rotatable bonds is 2. The van der Waals surface area contributed by atoms with Crippen molar-refractivity contribution in [3.63, 3.8) is 0 Å². The smallest absolute Gasteiger partial charge is 0.337 e. The first-order valence-electron chi connectivity index (χ1n) is 3.24. The van der Waals surface area contributed by atoms with E-state index in [1.807, 2.05) is 0 Å². The van der Waals surface area contributed by atoms with Gasteiger partial charge in [0.15, 0.2) is 6.10 Å². The van der Waals surface area contributed by atoms with Crippen molar-refractivity contribution in [2.45, 2.75) is 6.10 Å². The second-order valence-electron chi connectivity index (χ2n) is 2.27. The van der Waals surface area contributed by atoms with Crippen LogP contribution in [0.4, 0.5) is 0 Å². The van der Waals surface area contributed by atoms with Crippen molar-refractivity contribution in [1.82, 2.24) is 4.98 Å². The number of carboxylic acids is 1. The Morgan fingerprint density at radius 2 is 2.31 bits per heavy atom. The van der Waals surface area contributed by atoms with E-state index in [-0.39, 0.29) is 10.7 Å². The zero-order valence-corrected chi connectivity index (χ0v) is 8.58. The van der Waals surface area contributed by atoms with E-state index in [9.17, 15) is 4.79 Å². The molecule has 1 heterocycles. The number of aliphatic hydroxyl groups is 1. The maximum absolute atomic E-state index is 10.4. The largest absolute Gasteiger partial charge is 0.479 e. The minimum Gasteiger partial charge on any atom is -0.479 e. The fourth-order valence-electron chi connectivity index (χ4n) is 0.763. The molecule has 70 valence electrons. The molecule has 0 saturated heterocycles. The summed E-state index contributed by atoms with van der Waals surface area (Å²) >= 11 is 8.67. The number of halogens is 2. The number of aliphatic carboxylic acids is 1. The minimum atomic E-state index is -1.64. The standard InChI is InChI=1S/C7H5BrClNO3/c8-3-1-4(5(11)7(12)13)6(9)10-2-3/h1-2,5,11H,(H,12,13). The fourth-order valence-corrected chi connectivity index (χ4v) is 1.32. The summed E-state index contributed by atoms with van der Waals surface area (Å²) in [5, 5.41) is 17.6. The molecule has 0 bridgehead atoms. The van der Waals surface area contributed by atoms with Crippen LogP contribution in [0.5, 0.6) is 0 Å². The molecular weight excluding hydrogens is 261 g/mol. The fraction of sp³-hybridized carbons (Fsp3) is 0.143. The summed E-state index contributed by atoms with van der Waals surface area (Å²) in [6, 6.07) is 1.41. The van der Waals surface area contributed by atoms with Gasteiger partial charge in [0, 0.05) is 16.2 Å². The van der Waals surface area contributed by atoms with Crippen LogP contribution in [0.15, 0.2) is 16.7 Å². The van der Waals surface area contributed by atoms with Crippen LogP contribution in [0.25, 0.3) is 0 Å². The van der Waals surface area contributed by atoms with Crippen LogP contribution < -0.4 is 0 Å². The Morgan fingerprint density at radius 3 is 2.85 bits per heavy atom. The molecule has 4 nitrogen and oxygen atoms in total. The Kier molecular flexibility index (Phi) is 3.24. The first-order chi connectivity index (χ1) is 6.02. The molecule has 0 radical (unpaired) electrons. The summed E-state index contributed by atoms with van der Waals surface area (Å²) in [5.74, 6) is -1.36. The number of carboxylic acid groups (broad SMARTS) is 1. The van der Waals surface area contributed by atoms with Gasteiger partial charge in [0.05, 0.1) is 0 Å². The highest BCUT2D eigenvalue weighted by molar-refractivity contribution is 9.10. The predicted molar refractivity (Wildman–Crippen MR) is 49.5 cm³/mol. The van der Waals surface area contributed by atoms with E-state index in [0.717, 1.165) is 0 Å². The van der Waals surface area contributed by atoms with E-state index in [0.29, 0.717) is 4.47 Å². The van der Waals surface area contributed by atoms with Crippen molar-refractivity contribution in [2.75, 3.05) is 0 Å². The predicted octanol–water partition coefficient (Wildman–Crippen LogP) is 1.62. The molecule has 6 heteroatoms. The van der Waals surface area contributed by atoms with Gasteiger partial charge in [-0.05, 0) is 22.0 Å². The van der Waals surface area contributed by atoms with E-state index >= 15 is 0 Å². The molecule has 13 heavy (non-hydrogen) atoms. The van der Waals surface area contributed by atoms with Crippen LogP contribution in [0.3, 0.4) is 0 Å². The summed E-state index contributed by atoms with van der Waals surface area (Å²) in [6.07, 6.45) is -0.224. The van der Waals surface area contributed by atoms with Gasteiger partial charge in [-0.1, -0.05) is 11.6 Å². The number of carbonyl (C=O) groups is 1. The maximum atomic E-state index is 10.4. The van der Waals surface area contributed by atoms with Crippen molar-refractivity contribution in [3.05, 3.63) is 27.5 Å². The Morgan fingerprint density at radius 1 is 1.69 bits per heavy atom. The first kappa shape index (κ1) is 10.4. The lowest BCUT2D eigenvalue weighted by Crippen LogP contribution is -2.11. The third kappa shape index (κ3) is 2.40. The molecule has 1 rings (SSSR count). The molecular formula is C7H5BrClNO3. The summed E-state index contributed by atoms with van der Waals surface area (Å²) in [4.78, 5) is 14.1. The normalized spacial score (nSPS) is 12.5. The minimum absolute atomic E-state index is 0.0156. The van der Waals surface area contributed by atoms with E-state index in [1.54, 1.807) is 0 Å². The molecule has 0 amide bonds. The Hall–Kier alpha value is -0.650. The SMILES string of the molecule is O=C(O)C(O)c1cc(Br)cnc1Cl. The van der Waals surface area contributed by atoms with Crippen LogP contribution >= 0.6 is 27.5 Å². The van der Waals surface area contributed by atoms with Crippen molar-refractivity contribution in [3.8, 4) is 0 Å². The number of aliphatic hydroxyl groups excluding tert-OH is 1. The Bertz CT molecular complexity index is 345. The molecule has 0 aliphatic carbocycles. The highest BCUT2D eigenvalue weighted by Crippen LogP contribution is 2.24. The highest BCUT2D eigenvalue weighted by Gasteiger charge is 2.19. The zero-order valence-electron chi connectivity index (χ0n) is 6.24. The zero-order chi connectivity index (χ0) is 10.0. The number of aromatic nitrogens is 1. The van der Waals surface area contributed by atoms with Gasteiger partial charge < -0.3 is 10.2 Å². The molecule has 0 aromatic carbocycles. The molecule has 0 fully saturated rings. The van der Waals surface area contributed by atoms with Gasteiger partial charge in [-0.15, -0.1) is 0 Å². The van der Waals surface area contributed by atoms with Crippen LogP contribution in [-0.4, -0.2) is 21.2 Å². The van der Waals surface area contributed by atoms with E-state index < -0.39 is 12.1 Å².